The average Bonchev–Trinajstić information content (AvgIpc) is 2.79. The second-order valence-electron chi connectivity index (χ2n) is 4.66. The Balaban J connectivity index is 2.21. The van der Waals surface area contributed by atoms with Crippen molar-refractivity contribution in [3.05, 3.63) is 40.3 Å². The molecule has 2 heterocycles. The van der Waals surface area contributed by atoms with Gasteiger partial charge in [-0.1, -0.05) is 17.7 Å². The number of hydrogen-bond acceptors (Lipinski definition) is 4. The number of rotatable bonds is 2. The van der Waals surface area contributed by atoms with E-state index < -0.39 is 0 Å². The zero-order valence-electron chi connectivity index (χ0n) is 11.4. The first-order chi connectivity index (χ1) is 9.54. The topological polar surface area (TPSA) is 54.5 Å². The van der Waals surface area contributed by atoms with Crippen LogP contribution in [0.15, 0.2) is 28.3 Å². The number of halogens is 1. The van der Waals surface area contributed by atoms with Gasteiger partial charge in [-0.15, -0.1) is 5.10 Å². The Kier molecular flexibility index (Phi) is 3.40. The summed E-state index contributed by atoms with van der Waals surface area (Å²) in [7, 11) is 0. The number of aromatic nitrogens is 4. The van der Waals surface area contributed by atoms with Gasteiger partial charge in [0.25, 0.3) is 0 Å². The predicted molar refractivity (Wildman–Crippen MR) is 81.5 cm³/mol. The van der Waals surface area contributed by atoms with Crippen molar-refractivity contribution in [1.82, 2.24) is 20.2 Å². The van der Waals surface area contributed by atoms with Crippen molar-refractivity contribution < 1.29 is 0 Å². The highest BCUT2D eigenvalue weighted by Crippen LogP contribution is 2.36. The van der Waals surface area contributed by atoms with Gasteiger partial charge < -0.3 is 0 Å². The fourth-order valence-corrected chi connectivity index (χ4v) is 3.39. The lowest BCUT2D eigenvalue weighted by molar-refractivity contribution is 0.969. The SMILES string of the molecule is Cc1cc(Sc2n[nH]c(C)n2)c2c(Cl)ccc(C)c2n1. The minimum atomic E-state index is 0.687. The van der Waals surface area contributed by atoms with E-state index in [0.29, 0.717) is 10.2 Å². The number of aromatic amines is 1. The molecule has 0 atom stereocenters. The molecular formula is C14H13ClN4S. The number of fused-ring (bicyclic) bond motifs is 1. The van der Waals surface area contributed by atoms with E-state index in [1.807, 2.05) is 39.0 Å². The van der Waals surface area contributed by atoms with Crippen LogP contribution in [0.1, 0.15) is 17.1 Å². The van der Waals surface area contributed by atoms with Crippen molar-refractivity contribution in [2.75, 3.05) is 0 Å². The molecule has 3 rings (SSSR count). The van der Waals surface area contributed by atoms with Crippen LogP contribution in [0.5, 0.6) is 0 Å². The third-order valence-electron chi connectivity index (χ3n) is 2.98. The standard InChI is InChI=1S/C14H13ClN4S/c1-7-4-5-10(15)12-11(6-8(2)16-13(7)12)20-14-17-9(3)18-19-14/h4-6H,1-3H3,(H,17,18,19). The van der Waals surface area contributed by atoms with Gasteiger partial charge in [-0.05, 0) is 50.2 Å². The molecule has 0 aliphatic heterocycles. The number of nitrogens with one attached hydrogen (secondary N) is 1. The van der Waals surface area contributed by atoms with E-state index in [1.165, 1.54) is 11.8 Å². The summed E-state index contributed by atoms with van der Waals surface area (Å²) in [5.74, 6) is 0.796. The van der Waals surface area contributed by atoms with Crippen molar-refractivity contribution in [2.45, 2.75) is 30.8 Å². The quantitative estimate of drug-likeness (QED) is 0.775. The zero-order valence-corrected chi connectivity index (χ0v) is 12.9. The van der Waals surface area contributed by atoms with Crippen LogP contribution in [-0.4, -0.2) is 20.2 Å². The Morgan fingerprint density at radius 3 is 2.65 bits per heavy atom. The highest BCUT2D eigenvalue weighted by molar-refractivity contribution is 7.99. The molecule has 0 saturated carbocycles. The normalized spacial score (nSPS) is 11.2. The van der Waals surface area contributed by atoms with Crippen molar-refractivity contribution in [3.8, 4) is 0 Å². The molecule has 0 saturated heterocycles. The summed E-state index contributed by atoms with van der Waals surface area (Å²) in [5, 5.41) is 9.36. The lowest BCUT2D eigenvalue weighted by Gasteiger charge is -2.09. The molecule has 3 aromatic rings. The largest absolute Gasteiger partial charge is 0.262 e. The summed E-state index contributed by atoms with van der Waals surface area (Å²) in [4.78, 5) is 9.95. The van der Waals surface area contributed by atoms with Gasteiger partial charge in [0, 0.05) is 16.0 Å². The van der Waals surface area contributed by atoms with Crippen LogP contribution < -0.4 is 0 Å². The van der Waals surface area contributed by atoms with Crippen LogP contribution in [0.3, 0.4) is 0 Å². The van der Waals surface area contributed by atoms with Crippen molar-refractivity contribution in [3.63, 3.8) is 0 Å². The Morgan fingerprint density at radius 1 is 1.15 bits per heavy atom. The van der Waals surface area contributed by atoms with Gasteiger partial charge >= 0.3 is 0 Å². The molecule has 6 heteroatoms. The first-order valence-corrected chi connectivity index (χ1v) is 7.37. The molecule has 0 bridgehead atoms. The van der Waals surface area contributed by atoms with Crippen molar-refractivity contribution in [2.24, 2.45) is 0 Å². The highest BCUT2D eigenvalue weighted by atomic mass is 35.5. The molecular weight excluding hydrogens is 292 g/mol. The Labute approximate surface area is 126 Å². The first-order valence-electron chi connectivity index (χ1n) is 6.18. The predicted octanol–water partition coefficient (Wildman–Crippen LogP) is 4.08. The number of aryl methyl sites for hydroxylation is 3. The third kappa shape index (κ3) is 2.39. The number of benzene rings is 1. The number of nitrogens with zero attached hydrogens (tertiary/aromatic N) is 3. The van der Waals surface area contributed by atoms with Gasteiger partial charge in [-0.2, -0.15) is 0 Å². The molecule has 0 unspecified atom stereocenters. The Bertz CT molecular complexity index is 797. The van der Waals surface area contributed by atoms with Crippen LogP contribution in [0.2, 0.25) is 5.02 Å². The Morgan fingerprint density at radius 2 is 1.95 bits per heavy atom. The molecule has 1 aromatic carbocycles. The second kappa shape index (κ2) is 5.07. The molecule has 4 nitrogen and oxygen atoms in total. The lowest BCUT2D eigenvalue weighted by Crippen LogP contribution is -1.91. The maximum absolute atomic E-state index is 6.36. The molecule has 102 valence electrons. The third-order valence-corrected chi connectivity index (χ3v) is 4.20. The van der Waals surface area contributed by atoms with E-state index in [-0.39, 0.29) is 0 Å². The van der Waals surface area contributed by atoms with E-state index in [4.69, 9.17) is 11.6 Å². The minimum absolute atomic E-state index is 0.687. The van der Waals surface area contributed by atoms with E-state index in [2.05, 4.69) is 20.2 Å². The first kappa shape index (κ1) is 13.4. The molecule has 0 amide bonds. The minimum Gasteiger partial charge on any atom is -0.262 e. The maximum Gasteiger partial charge on any atom is 0.213 e. The molecule has 0 spiro atoms. The van der Waals surface area contributed by atoms with Crippen LogP contribution in [0.4, 0.5) is 0 Å². The van der Waals surface area contributed by atoms with Crippen molar-refractivity contribution >= 4 is 34.3 Å². The molecule has 0 aliphatic rings. The molecule has 0 radical (unpaired) electrons. The molecule has 0 aliphatic carbocycles. The average molecular weight is 305 g/mol. The van der Waals surface area contributed by atoms with Crippen molar-refractivity contribution in [1.29, 1.82) is 0 Å². The monoisotopic (exact) mass is 304 g/mol. The fraction of sp³-hybridized carbons (Fsp3) is 0.214. The van der Waals surface area contributed by atoms with E-state index in [9.17, 15) is 0 Å². The van der Waals surface area contributed by atoms with Crippen LogP contribution in [0.25, 0.3) is 10.9 Å². The summed E-state index contributed by atoms with van der Waals surface area (Å²) in [5.41, 5.74) is 3.01. The van der Waals surface area contributed by atoms with Gasteiger partial charge in [-0.25, -0.2) is 4.98 Å². The molecule has 20 heavy (non-hydrogen) atoms. The summed E-state index contributed by atoms with van der Waals surface area (Å²) in [6.45, 7) is 5.90. The van der Waals surface area contributed by atoms with Crippen LogP contribution in [-0.2, 0) is 0 Å². The summed E-state index contributed by atoms with van der Waals surface area (Å²) >= 11 is 7.85. The Hall–Kier alpha value is -1.59. The van der Waals surface area contributed by atoms with E-state index >= 15 is 0 Å². The van der Waals surface area contributed by atoms with Gasteiger partial charge in [0.05, 0.1) is 10.5 Å². The van der Waals surface area contributed by atoms with Gasteiger partial charge in [-0.3, -0.25) is 10.1 Å². The van der Waals surface area contributed by atoms with Gasteiger partial charge in [0.2, 0.25) is 5.16 Å². The molecule has 0 fully saturated rings. The summed E-state index contributed by atoms with van der Waals surface area (Å²) < 4.78 is 0. The van der Waals surface area contributed by atoms with Crippen LogP contribution in [0, 0.1) is 20.8 Å². The summed E-state index contributed by atoms with van der Waals surface area (Å²) in [6.07, 6.45) is 0. The smallest absolute Gasteiger partial charge is 0.213 e. The fourth-order valence-electron chi connectivity index (χ4n) is 2.07. The van der Waals surface area contributed by atoms with Gasteiger partial charge in [0.1, 0.15) is 5.82 Å². The second-order valence-corrected chi connectivity index (χ2v) is 6.07. The van der Waals surface area contributed by atoms with E-state index in [1.54, 1.807) is 0 Å². The maximum atomic E-state index is 6.36. The summed E-state index contributed by atoms with van der Waals surface area (Å²) in [6, 6.07) is 5.91. The highest BCUT2D eigenvalue weighted by Gasteiger charge is 2.13. The van der Waals surface area contributed by atoms with Gasteiger partial charge in [0.15, 0.2) is 0 Å². The number of pyridine rings is 1. The van der Waals surface area contributed by atoms with E-state index in [0.717, 1.165) is 32.9 Å². The molecule has 2 aromatic heterocycles. The van der Waals surface area contributed by atoms with Crippen LogP contribution >= 0.6 is 23.4 Å². The number of hydrogen-bond donors (Lipinski definition) is 1. The zero-order chi connectivity index (χ0) is 14.3. The number of H-pyrrole nitrogens is 1. The molecule has 1 N–H and O–H groups in total. The lowest BCUT2D eigenvalue weighted by atomic mass is 10.1.